The molecule has 1 aliphatic rings. The Morgan fingerprint density at radius 3 is 2.68 bits per heavy atom. The maximum atomic E-state index is 12.2. The van der Waals surface area contributed by atoms with Crippen LogP contribution >= 0.6 is 0 Å². The highest BCUT2D eigenvalue weighted by Gasteiger charge is 2.19. The fourth-order valence-electron chi connectivity index (χ4n) is 2.79. The Bertz CT molecular complexity index is 500. The number of rotatable bonds is 7. The molecule has 0 aromatic heterocycles. The Hall–Kier alpha value is -1.55. The van der Waals surface area contributed by atoms with Crippen LogP contribution in [-0.4, -0.2) is 44.1 Å². The zero-order valence-corrected chi connectivity index (χ0v) is 14.0. The number of likely N-dealkylation sites (N-methyl/N-ethyl adjacent to an activating group) is 1. The average Bonchev–Trinajstić information content (AvgIpc) is 2.52. The largest absolute Gasteiger partial charge is 0.481 e. The second-order valence-corrected chi connectivity index (χ2v) is 6.25. The van der Waals surface area contributed by atoms with E-state index in [0.29, 0.717) is 13.0 Å². The van der Waals surface area contributed by atoms with Gasteiger partial charge < -0.3 is 15.0 Å². The predicted molar refractivity (Wildman–Crippen MR) is 89.4 cm³/mol. The summed E-state index contributed by atoms with van der Waals surface area (Å²) in [5.74, 6) is 0.789. The van der Waals surface area contributed by atoms with Gasteiger partial charge in [0.05, 0.1) is 0 Å². The molecule has 1 aliphatic carbocycles. The fraction of sp³-hybridized carbons (Fsp3) is 0.611. The van der Waals surface area contributed by atoms with Gasteiger partial charge in [-0.2, -0.15) is 0 Å². The summed E-state index contributed by atoms with van der Waals surface area (Å²) in [6, 6.07) is 6.27. The Kier molecular flexibility index (Phi) is 6.25. The number of ether oxygens (including phenoxy) is 1. The first-order chi connectivity index (χ1) is 10.6. The van der Waals surface area contributed by atoms with E-state index in [1.165, 1.54) is 24.0 Å². The highest BCUT2D eigenvalue weighted by Crippen LogP contribution is 2.26. The zero-order chi connectivity index (χ0) is 15.9. The second kappa shape index (κ2) is 8.18. The summed E-state index contributed by atoms with van der Waals surface area (Å²) in [4.78, 5) is 14.2. The first kappa shape index (κ1) is 16.8. The molecular formula is C18H28N2O2. The fourth-order valence-corrected chi connectivity index (χ4v) is 2.79. The van der Waals surface area contributed by atoms with E-state index in [9.17, 15) is 4.79 Å². The van der Waals surface area contributed by atoms with Crippen LogP contribution in [0.4, 0.5) is 0 Å². The number of nitrogens with zero attached hydrogens (tertiary/aromatic N) is 1. The van der Waals surface area contributed by atoms with Crippen LogP contribution in [0.1, 0.15) is 37.3 Å². The van der Waals surface area contributed by atoms with E-state index in [4.69, 9.17) is 4.74 Å². The monoisotopic (exact) mass is 304 g/mol. The van der Waals surface area contributed by atoms with Gasteiger partial charge in [-0.25, -0.2) is 0 Å². The molecule has 1 atom stereocenters. The molecule has 4 nitrogen and oxygen atoms in total. The maximum Gasteiger partial charge on any atom is 0.261 e. The predicted octanol–water partition coefficient (Wildman–Crippen LogP) is 2.40. The third kappa shape index (κ3) is 4.73. The number of aryl methyl sites for hydroxylation is 2. The number of carbonyl (C=O) groups excluding carboxylic acids is 1. The van der Waals surface area contributed by atoms with E-state index in [1.807, 2.05) is 32.0 Å². The Balaban J connectivity index is 1.93. The SMILES string of the molecule is CC[C@H](Oc1ccc2c(c1)CCCC2)C(=O)NCCN(C)C. The van der Waals surface area contributed by atoms with Crippen LogP contribution in [0.5, 0.6) is 5.75 Å². The van der Waals surface area contributed by atoms with Crippen molar-refractivity contribution in [3.63, 3.8) is 0 Å². The van der Waals surface area contributed by atoms with Gasteiger partial charge in [0, 0.05) is 13.1 Å². The second-order valence-electron chi connectivity index (χ2n) is 6.25. The van der Waals surface area contributed by atoms with Crippen molar-refractivity contribution in [1.82, 2.24) is 10.2 Å². The zero-order valence-electron chi connectivity index (χ0n) is 14.0. The molecule has 1 amide bonds. The van der Waals surface area contributed by atoms with Crippen LogP contribution in [0, 0.1) is 0 Å². The molecule has 1 N–H and O–H groups in total. The van der Waals surface area contributed by atoms with Crippen molar-refractivity contribution in [1.29, 1.82) is 0 Å². The van der Waals surface area contributed by atoms with Crippen LogP contribution < -0.4 is 10.1 Å². The minimum atomic E-state index is -0.413. The highest BCUT2D eigenvalue weighted by molar-refractivity contribution is 5.81. The standard InChI is InChI=1S/C18H28N2O2/c1-4-17(18(21)19-11-12-20(2)3)22-16-10-9-14-7-5-6-8-15(14)13-16/h9-10,13,17H,4-8,11-12H2,1-3H3,(H,19,21)/t17-/m0/s1. The first-order valence-electron chi connectivity index (χ1n) is 8.31. The lowest BCUT2D eigenvalue weighted by atomic mass is 9.92. The van der Waals surface area contributed by atoms with Gasteiger partial charge in [-0.15, -0.1) is 0 Å². The third-order valence-corrected chi connectivity index (χ3v) is 4.12. The van der Waals surface area contributed by atoms with Crippen molar-refractivity contribution in [3.8, 4) is 5.75 Å². The summed E-state index contributed by atoms with van der Waals surface area (Å²) >= 11 is 0. The quantitative estimate of drug-likeness (QED) is 0.841. The number of hydrogen-bond donors (Lipinski definition) is 1. The summed E-state index contributed by atoms with van der Waals surface area (Å²) in [5, 5.41) is 2.94. The molecule has 0 aliphatic heterocycles. The average molecular weight is 304 g/mol. The lowest BCUT2D eigenvalue weighted by Crippen LogP contribution is -2.40. The Labute approximate surface area is 133 Å². The molecule has 0 spiro atoms. The molecule has 0 saturated carbocycles. The summed E-state index contributed by atoms with van der Waals surface area (Å²) in [6.45, 7) is 3.46. The molecule has 2 rings (SSSR count). The molecule has 22 heavy (non-hydrogen) atoms. The van der Waals surface area contributed by atoms with Crippen LogP contribution in [0.2, 0.25) is 0 Å². The third-order valence-electron chi connectivity index (χ3n) is 4.12. The molecule has 0 heterocycles. The normalized spacial score (nSPS) is 15.3. The minimum Gasteiger partial charge on any atom is -0.481 e. The molecule has 0 bridgehead atoms. The van der Waals surface area contributed by atoms with Crippen LogP contribution in [0.15, 0.2) is 18.2 Å². The lowest BCUT2D eigenvalue weighted by Gasteiger charge is -2.21. The van der Waals surface area contributed by atoms with Gasteiger partial charge in [0.2, 0.25) is 0 Å². The van der Waals surface area contributed by atoms with Gasteiger partial charge in [-0.05, 0) is 69.5 Å². The van der Waals surface area contributed by atoms with Crippen LogP contribution in [-0.2, 0) is 17.6 Å². The highest BCUT2D eigenvalue weighted by atomic mass is 16.5. The van der Waals surface area contributed by atoms with E-state index in [0.717, 1.165) is 25.1 Å². The molecule has 0 unspecified atom stereocenters. The van der Waals surface area contributed by atoms with Crippen LogP contribution in [0.3, 0.4) is 0 Å². The molecule has 0 saturated heterocycles. The van der Waals surface area contributed by atoms with E-state index >= 15 is 0 Å². The Morgan fingerprint density at radius 2 is 2.00 bits per heavy atom. The smallest absolute Gasteiger partial charge is 0.261 e. The van der Waals surface area contributed by atoms with E-state index in [-0.39, 0.29) is 5.91 Å². The maximum absolute atomic E-state index is 12.2. The minimum absolute atomic E-state index is 0.0259. The van der Waals surface area contributed by atoms with E-state index in [1.54, 1.807) is 0 Å². The van der Waals surface area contributed by atoms with Gasteiger partial charge in [0.1, 0.15) is 5.75 Å². The van der Waals surface area contributed by atoms with Gasteiger partial charge >= 0.3 is 0 Å². The number of nitrogens with one attached hydrogen (secondary N) is 1. The number of hydrogen-bond acceptors (Lipinski definition) is 3. The number of carbonyl (C=O) groups is 1. The summed E-state index contributed by atoms with van der Waals surface area (Å²) < 4.78 is 5.92. The first-order valence-corrected chi connectivity index (χ1v) is 8.31. The van der Waals surface area contributed by atoms with Crippen molar-refractivity contribution in [2.45, 2.75) is 45.1 Å². The number of amides is 1. The lowest BCUT2D eigenvalue weighted by molar-refractivity contribution is -0.128. The van der Waals surface area contributed by atoms with Gasteiger partial charge in [-0.3, -0.25) is 4.79 Å². The van der Waals surface area contributed by atoms with Gasteiger partial charge in [0.15, 0.2) is 6.10 Å². The summed E-state index contributed by atoms with van der Waals surface area (Å²) in [6.07, 6.45) is 5.07. The van der Waals surface area contributed by atoms with Gasteiger partial charge in [0.25, 0.3) is 5.91 Å². The summed E-state index contributed by atoms with van der Waals surface area (Å²) in [5.41, 5.74) is 2.81. The summed E-state index contributed by atoms with van der Waals surface area (Å²) in [7, 11) is 3.99. The van der Waals surface area contributed by atoms with Crippen LogP contribution in [0.25, 0.3) is 0 Å². The molecule has 0 radical (unpaired) electrons. The molecule has 1 aromatic rings. The number of benzene rings is 1. The Morgan fingerprint density at radius 1 is 1.27 bits per heavy atom. The van der Waals surface area contributed by atoms with E-state index < -0.39 is 6.10 Å². The molecule has 122 valence electrons. The molecular weight excluding hydrogens is 276 g/mol. The number of fused-ring (bicyclic) bond motifs is 1. The van der Waals surface area contributed by atoms with Crippen molar-refractivity contribution in [2.75, 3.05) is 27.2 Å². The van der Waals surface area contributed by atoms with Crippen molar-refractivity contribution in [3.05, 3.63) is 29.3 Å². The topological polar surface area (TPSA) is 41.6 Å². The molecule has 1 aromatic carbocycles. The van der Waals surface area contributed by atoms with Crippen molar-refractivity contribution < 1.29 is 9.53 Å². The van der Waals surface area contributed by atoms with Crippen molar-refractivity contribution >= 4 is 5.91 Å². The van der Waals surface area contributed by atoms with Crippen molar-refractivity contribution in [2.24, 2.45) is 0 Å². The molecule has 0 fully saturated rings. The van der Waals surface area contributed by atoms with Gasteiger partial charge in [-0.1, -0.05) is 13.0 Å². The molecule has 4 heteroatoms. The van der Waals surface area contributed by atoms with E-state index in [2.05, 4.69) is 17.4 Å².